The zero-order valence-corrected chi connectivity index (χ0v) is 95.3. The zero-order valence-electron chi connectivity index (χ0n) is 95.3. The van der Waals surface area contributed by atoms with Crippen LogP contribution in [0.5, 0.6) is 0 Å². The number of ether oxygens (including phenoxy) is 1. The molecule has 0 rings (SSSR count). The largest absolute Gasteiger partial charge is 0.396 e. The molecule has 0 radical (unpaired) electrons. The predicted octanol–water partition coefficient (Wildman–Crippen LogP) is 13.8. The number of nitrogens with one attached hydrogen (secondary N) is 3. The number of hydrogen-bond donors (Lipinski definition) is 15. The lowest BCUT2D eigenvalue weighted by atomic mass is 9.92. The third-order valence-electron chi connectivity index (χ3n) is 23.6. The maximum atomic E-state index is 9.44. The van der Waals surface area contributed by atoms with E-state index in [2.05, 4.69) is 323 Å². The Morgan fingerprint density at radius 1 is 0.231 bits per heavy atom. The van der Waals surface area contributed by atoms with Crippen molar-refractivity contribution in [2.24, 2.45) is 5.41 Å². The first-order chi connectivity index (χ1) is 60.1. The molecule has 130 heavy (non-hydrogen) atoms. The fourth-order valence-corrected chi connectivity index (χ4v) is 17.4. The molecule has 0 unspecified atom stereocenters. The second-order valence-corrected chi connectivity index (χ2v) is 42.2. The fourth-order valence-electron chi connectivity index (χ4n) is 17.4. The fraction of sp³-hybridized carbons (Fsp3) is 1.00. The van der Waals surface area contributed by atoms with Crippen LogP contribution < -0.4 is 16.0 Å². The van der Waals surface area contributed by atoms with Gasteiger partial charge in [-0.25, -0.2) is 0 Å². The summed E-state index contributed by atoms with van der Waals surface area (Å²) in [5.74, 6) is 0. The highest BCUT2D eigenvalue weighted by molar-refractivity contribution is 4.94. The van der Waals surface area contributed by atoms with Crippen molar-refractivity contribution >= 4 is 0 Å². The molecule has 800 valence electrons. The van der Waals surface area contributed by atoms with E-state index in [0.717, 1.165) is 78.0 Å². The summed E-state index contributed by atoms with van der Waals surface area (Å²) in [4.78, 5) is 23.5. The van der Waals surface area contributed by atoms with Crippen LogP contribution in [-0.2, 0) is 4.74 Å². The summed E-state index contributed by atoms with van der Waals surface area (Å²) >= 11 is 0. The molecule has 15 N–H and O–H groups in total. The van der Waals surface area contributed by atoms with E-state index in [1.165, 1.54) is 45.2 Å². The number of aliphatic hydroxyl groups excluding tert-OH is 12. The van der Waals surface area contributed by atoms with Crippen molar-refractivity contribution in [3.05, 3.63) is 0 Å². The minimum Gasteiger partial charge on any atom is -0.396 e. The Bertz CT molecular complexity index is 2060. The van der Waals surface area contributed by atoms with Crippen molar-refractivity contribution in [3.8, 4) is 0 Å². The third-order valence-corrected chi connectivity index (χ3v) is 23.6. The summed E-state index contributed by atoms with van der Waals surface area (Å²) in [5, 5.41) is 118. The van der Waals surface area contributed by atoms with E-state index >= 15 is 0 Å². The maximum absolute atomic E-state index is 9.44. The Labute approximate surface area is 810 Å². The monoisotopic (exact) mass is 1880 g/mol. The van der Waals surface area contributed by atoms with Crippen molar-refractivity contribution in [2.45, 2.75) is 500 Å². The van der Waals surface area contributed by atoms with Crippen LogP contribution in [0.2, 0.25) is 0 Å². The van der Waals surface area contributed by atoms with Gasteiger partial charge >= 0.3 is 0 Å². The number of aliphatic hydroxyl groups is 12. The summed E-state index contributed by atoms with van der Waals surface area (Å²) in [5.41, 5.74) is -1.89. The Hall–Kier alpha value is -1.04. The van der Waals surface area contributed by atoms with Gasteiger partial charge in [0.25, 0.3) is 0 Å². The first-order valence-electron chi connectivity index (χ1n) is 51.7. The van der Waals surface area contributed by atoms with Gasteiger partial charge in [-0.15, -0.1) is 0 Å². The quantitative estimate of drug-likeness (QED) is 0.0252. The number of rotatable bonds is 62. The van der Waals surface area contributed by atoms with Crippen molar-refractivity contribution in [1.29, 1.82) is 0 Å². The molecule has 0 aliphatic carbocycles. The topological polar surface area (TPSA) is 320 Å². The molecule has 0 atom stereocenters. The van der Waals surface area contributed by atoms with Crippen molar-refractivity contribution < 1.29 is 66.0 Å². The molecule has 0 fully saturated rings. The van der Waals surface area contributed by atoms with Crippen LogP contribution in [0, 0.1) is 5.41 Å². The Morgan fingerprint density at radius 2 is 0.492 bits per heavy atom. The molecule has 0 aliphatic rings. The van der Waals surface area contributed by atoms with Crippen molar-refractivity contribution in [1.82, 2.24) is 64.9 Å². The van der Waals surface area contributed by atoms with Gasteiger partial charge in [-0.05, 0) is 369 Å². The van der Waals surface area contributed by atoms with Crippen LogP contribution >= 0.6 is 0 Å². The summed E-state index contributed by atoms with van der Waals surface area (Å²) in [6, 6.07) is 10.2. The SMILES string of the molecule is CC(C)N(C(C)C)C(C)(CO)CO.CC(C)N(C(C)C)C(CO)(CO)CO.CC(C)N(CC(C)(C)CO)C(C)C.CC(C)N(CCCCCCO)C(C)C.CC(C)N(CCCCCO)C(C)C.CC(C)N(CCNCCO)C(C)C.CC(C)N(CCOCCO)C(C)C.CCC(CO)(CO)N(C(C)C)C(C)C.CNCCCN(C(C)C)C(C)C.CNCCN(C(C)C)C(C)C. The van der Waals surface area contributed by atoms with Gasteiger partial charge in [0.2, 0.25) is 0 Å². The summed E-state index contributed by atoms with van der Waals surface area (Å²) < 4.78 is 5.22. The predicted molar refractivity (Wildman–Crippen MR) is 567 cm³/mol. The van der Waals surface area contributed by atoms with Crippen LogP contribution in [0.25, 0.3) is 0 Å². The third kappa shape index (κ3) is 75.9. The van der Waals surface area contributed by atoms with Gasteiger partial charge in [0.1, 0.15) is 0 Å². The highest BCUT2D eigenvalue weighted by atomic mass is 16.5. The Kier molecular flexibility index (Phi) is 104. The number of likely N-dealkylation sites (N-methyl/N-ethyl adjacent to an activating group) is 1. The molecule has 0 spiro atoms. The van der Waals surface area contributed by atoms with E-state index in [1.54, 1.807) is 0 Å². The highest BCUT2D eigenvalue weighted by Crippen LogP contribution is 2.26. The molecule has 26 nitrogen and oxygen atoms in total. The lowest BCUT2D eigenvalue weighted by molar-refractivity contribution is -0.0776. The molecule has 0 aromatic heterocycles. The Morgan fingerprint density at radius 3 is 0.708 bits per heavy atom. The van der Waals surface area contributed by atoms with Gasteiger partial charge in [0.15, 0.2) is 0 Å². The molecular formula is C104H241N13O13. The molecule has 0 saturated carbocycles. The van der Waals surface area contributed by atoms with Crippen molar-refractivity contribution in [3.63, 3.8) is 0 Å². The van der Waals surface area contributed by atoms with Crippen LogP contribution in [0.4, 0.5) is 0 Å². The van der Waals surface area contributed by atoms with E-state index in [-0.39, 0.29) is 83.6 Å². The summed E-state index contributed by atoms with van der Waals surface area (Å²) in [6.45, 7) is 108. The molecule has 0 aromatic rings. The molecule has 0 amide bonds. The first-order valence-corrected chi connectivity index (χ1v) is 51.7. The van der Waals surface area contributed by atoms with E-state index < -0.39 is 16.6 Å². The van der Waals surface area contributed by atoms with Gasteiger partial charge in [0.05, 0.1) is 89.3 Å². The van der Waals surface area contributed by atoms with E-state index in [0.29, 0.717) is 142 Å². The maximum Gasteiger partial charge on any atom is 0.0910 e. The van der Waals surface area contributed by atoms with E-state index in [4.69, 9.17) is 25.2 Å². The van der Waals surface area contributed by atoms with Gasteiger partial charge in [0, 0.05) is 192 Å². The van der Waals surface area contributed by atoms with Crippen LogP contribution in [0.15, 0.2) is 0 Å². The second-order valence-electron chi connectivity index (χ2n) is 42.2. The van der Waals surface area contributed by atoms with Gasteiger partial charge < -0.3 is 82.0 Å². The zero-order chi connectivity index (χ0) is 104. The normalized spacial score (nSPS) is 12.6. The lowest BCUT2D eigenvalue weighted by Crippen LogP contribution is -2.62. The lowest BCUT2D eigenvalue weighted by Gasteiger charge is -2.46. The van der Waals surface area contributed by atoms with E-state index in [1.807, 2.05) is 60.5 Å². The molecular weight excluding hydrogens is 1640 g/mol. The van der Waals surface area contributed by atoms with Gasteiger partial charge in [-0.2, -0.15) is 0 Å². The molecule has 26 heteroatoms. The van der Waals surface area contributed by atoms with Crippen molar-refractivity contribution in [2.75, 3.05) is 179 Å². The molecule has 0 aliphatic heterocycles. The molecule has 0 bridgehead atoms. The van der Waals surface area contributed by atoms with Crippen LogP contribution in [0.1, 0.15) is 362 Å². The van der Waals surface area contributed by atoms with Crippen LogP contribution in [0.3, 0.4) is 0 Å². The summed E-state index contributed by atoms with van der Waals surface area (Å²) in [6.07, 6.45) is 9.94. The molecule has 0 saturated heterocycles. The first kappa shape index (κ1) is 149. The smallest absolute Gasteiger partial charge is 0.0910 e. The highest BCUT2D eigenvalue weighted by Gasteiger charge is 2.40. The van der Waals surface area contributed by atoms with Gasteiger partial charge in [-0.3, -0.25) is 49.0 Å². The number of unbranched alkanes of at least 4 members (excludes halogenated alkanes) is 5. The summed E-state index contributed by atoms with van der Waals surface area (Å²) in [7, 11) is 4.01. The second kappa shape index (κ2) is 90.5. The minimum atomic E-state index is -0.914. The van der Waals surface area contributed by atoms with Crippen LogP contribution in [-0.4, -0.2) is 426 Å². The van der Waals surface area contributed by atoms with Gasteiger partial charge in [-0.1, -0.05) is 33.6 Å². The average molecular weight is 1880 g/mol. The van der Waals surface area contributed by atoms with E-state index in [9.17, 15) is 40.9 Å². The molecule has 0 heterocycles. The molecule has 0 aromatic carbocycles. The standard InChI is InChI=1S/C12H27NO.C11H25NO2.2C11H25NO.C10H24N2O.C10H24N2.C10H23NO3.2C10H23NO2.C9H22N2/c1-11(2)13(12(3)4)9-7-5-6-8-10-14;1-6-11(7-13,8-14)12(9(2)3)10(4)5;1-9(2)12(10(3)4)7-11(5,6)8-13;1-10(2)12(11(3)4)8-6-5-7-9-13;1-9(2)12(10(3)4)7-5-11-6-8-13;1-9(2)12(10(3)4)8-6-7-11-5;1-8(2)11(9(3)4)10(5-12,6-13)7-14;1-8(2)11(9(3)4)10(5,6-12)7-13;1-9(2)11(10(3)4)5-7-13-8-6-12;1-8(2)11(9(3)4)7-6-10-5/h11-12,14H,5-10H2,1-4H3;9-10,13-14H,6-8H2,1-5H3;9-10,13H,7-8H2,1-6H3;10-11,13H,5-9H2,1-4H3;9-11,13H,5-8H2,1-4H3;9-11H,6-8H2,1-5H3;8-9,12-14H,5-7H2,1-4H3;8-9,12-13H,6-7H2,1-5H3;9-10,12H,5-8H2,1-4H3;8-10H,6-7H2,1-5H3. The Balaban J connectivity index is -0.000000154. The minimum absolute atomic E-state index is 0.00847. The number of hydrogen-bond acceptors (Lipinski definition) is 26. The average Bonchev–Trinajstić information content (AvgIpc) is 0.809. The number of nitrogens with zero attached hydrogens (tertiary/aromatic N) is 10.